The molecule has 1 aliphatic rings. The first-order valence-electron chi connectivity index (χ1n) is 5.28. The van der Waals surface area contributed by atoms with Gasteiger partial charge in [0.25, 0.3) is 0 Å². The summed E-state index contributed by atoms with van der Waals surface area (Å²) in [4.78, 5) is 0. The van der Waals surface area contributed by atoms with Crippen LogP contribution in [0.2, 0.25) is 0 Å². The zero-order valence-corrected chi connectivity index (χ0v) is 10.3. The van der Waals surface area contributed by atoms with Crippen LogP contribution in [0.5, 0.6) is 0 Å². The van der Waals surface area contributed by atoms with Gasteiger partial charge in [0.05, 0.1) is 11.1 Å². The molecule has 0 unspecified atom stereocenters. The Kier molecular flexibility index (Phi) is 2.22. The lowest BCUT2D eigenvalue weighted by Crippen LogP contribution is -2.47. The number of aryl methyl sites for hydroxylation is 1. The molecule has 2 heterocycles. The average molecular weight is 223 g/mol. The van der Waals surface area contributed by atoms with Crippen molar-refractivity contribution in [3.8, 4) is 0 Å². The Bertz CT molecular complexity index is 446. The molecule has 0 saturated carbocycles. The lowest BCUT2D eigenvalue weighted by Gasteiger charge is -2.35. The molecule has 0 saturated heterocycles. The predicted octanol–water partition coefficient (Wildman–Crippen LogP) is 2.02. The normalized spacial score (nSPS) is 23.5. The van der Waals surface area contributed by atoms with Crippen molar-refractivity contribution < 1.29 is 9.62 Å². The van der Waals surface area contributed by atoms with Crippen LogP contribution < -0.4 is 0 Å². The van der Waals surface area contributed by atoms with Gasteiger partial charge >= 0.3 is 0 Å². The fraction of sp³-hybridized carbons (Fsp3) is 0.636. The minimum atomic E-state index is -0.525. The molecule has 0 aromatic carbocycles. The van der Waals surface area contributed by atoms with Gasteiger partial charge in [-0.05, 0) is 27.7 Å². The summed E-state index contributed by atoms with van der Waals surface area (Å²) in [6, 6.07) is 0. The highest BCUT2D eigenvalue weighted by Gasteiger charge is 2.47. The Hall–Kier alpha value is -1.20. The van der Waals surface area contributed by atoms with E-state index in [2.05, 4.69) is 10.2 Å². The highest BCUT2D eigenvalue weighted by Crippen LogP contribution is 2.42. The van der Waals surface area contributed by atoms with Crippen molar-refractivity contribution in [3.63, 3.8) is 0 Å². The van der Waals surface area contributed by atoms with Crippen LogP contribution in [-0.2, 0) is 0 Å². The number of rotatable bonds is 1. The van der Waals surface area contributed by atoms with E-state index in [1.165, 1.54) is 5.06 Å². The molecular weight excluding hydrogens is 206 g/mol. The van der Waals surface area contributed by atoms with E-state index in [-0.39, 0.29) is 0 Å². The van der Waals surface area contributed by atoms with Crippen molar-refractivity contribution in [1.82, 2.24) is 15.3 Å². The van der Waals surface area contributed by atoms with E-state index >= 15 is 0 Å². The van der Waals surface area contributed by atoms with E-state index in [1.807, 2.05) is 33.8 Å². The van der Waals surface area contributed by atoms with E-state index in [4.69, 9.17) is 4.42 Å². The zero-order chi connectivity index (χ0) is 12.1. The van der Waals surface area contributed by atoms with E-state index in [9.17, 15) is 5.21 Å². The van der Waals surface area contributed by atoms with Gasteiger partial charge in [0.2, 0.25) is 11.8 Å². The van der Waals surface area contributed by atoms with E-state index in [1.54, 1.807) is 6.92 Å². The number of hydroxylamine groups is 2. The Morgan fingerprint density at radius 2 is 1.88 bits per heavy atom. The van der Waals surface area contributed by atoms with Gasteiger partial charge in [-0.25, -0.2) is 0 Å². The van der Waals surface area contributed by atoms with Crippen LogP contribution in [0, 0.1) is 6.92 Å². The Morgan fingerprint density at radius 3 is 2.25 bits per heavy atom. The van der Waals surface area contributed by atoms with Gasteiger partial charge < -0.3 is 9.62 Å². The molecule has 5 heteroatoms. The van der Waals surface area contributed by atoms with Gasteiger partial charge in [-0.1, -0.05) is 6.08 Å². The summed E-state index contributed by atoms with van der Waals surface area (Å²) in [6.07, 6.45) is 1.96. The Balaban J connectivity index is 2.49. The third kappa shape index (κ3) is 1.47. The molecule has 88 valence electrons. The molecule has 0 bridgehead atoms. The second-order valence-electron chi connectivity index (χ2n) is 5.21. The van der Waals surface area contributed by atoms with Crippen molar-refractivity contribution in [2.45, 2.75) is 45.7 Å². The molecule has 0 fully saturated rings. The lowest BCUT2D eigenvalue weighted by atomic mass is 9.97. The molecule has 0 radical (unpaired) electrons. The summed E-state index contributed by atoms with van der Waals surface area (Å²) in [5.74, 6) is 1.01. The molecule has 1 N–H and O–H groups in total. The van der Waals surface area contributed by atoms with Gasteiger partial charge in [-0.3, -0.25) is 0 Å². The van der Waals surface area contributed by atoms with Crippen molar-refractivity contribution in [1.29, 1.82) is 0 Å². The van der Waals surface area contributed by atoms with Crippen molar-refractivity contribution in [2.24, 2.45) is 0 Å². The monoisotopic (exact) mass is 223 g/mol. The van der Waals surface area contributed by atoms with Crippen LogP contribution in [0.1, 0.15) is 39.5 Å². The van der Waals surface area contributed by atoms with Gasteiger partial charge in [0.1, 0.15) is 0 Å². The van der Waals surface area contributed by atoms with Crippen LogP contribution in [0.15, 0.2) is 10.5 Å². The SMILES string of the molecule is Cc1nnc(C2=CC(C)(C)N(O)C2(C)C)o1. The molecule has 0 spiro atoms. The lowest BCUT2D eigenvalue weighted by molar-refractivity contribution is -0.181. The quantitative estimate of drug-likeness (QED) is 0.789. The first-order valence-corrected chi connectivity index (χ1v) is 5.28. The Labute approximate surface area is 94.7 Å². The van der Waals surface area contributed by atoms with Crippen LogP contribution in [0.4, 0.5) is 0 Å². The number of aromatic nitrogens is 2. The van der Waals surface area contributed by atoms with Crippen molar-refractivity contribution in [2.75, 3.05) is 0 Å². The van der Waals surface area contributed by atoms with E-state index in [0.29, 0.717) is 11.8 Å². The molecule has 1 aliphatic heterocycles. The second kappa shape index (κ2) is 3.15. The van der Waals surface area contributed by atoms with Crippen LogP contribution in [0.25, 0.3) is 5.57 Å². The fourth-order valence-electron chi connectivity index (χ4n) is 2.15. The molecule has 5 nitrogen and oxygen atoms in total. The highest BCUT2D eigenvalue weighted by molar-refractivity contribution is 5.70. The van der Waals surface area contributed by atoms with Crippen molar-refractivity contribution in [3.05, 3.63) is 17.9 Å². The van der Waals surface area contributed by atoms with Crippen LogP contribution >= 0.6 is 0 Å². The van der Waals surface area contributed by atoms with Crippen molar-refractivity contribution >= 4 is 5.57 Å². The predicted molar refractivity (Wildman–Crippen MR) is 58.8 cm³/mol. The summed E-state index contributed by atoms with van der Waals surface area (Å²) >= 11 is 0. The number of nitrogens with zero attached hydrogens (tertiary/aromatic N) is 3. The third-order valence-corrected chi connectivity index (χ3v) is 2.99. The molecule has 0 aliphatic carbocycles. The summed E-state index contributed by atoms with van der Waals surface area (Å²) < 4.78 is 5.42. The third-order valence-electron chi connectivity index (χ3n) is 2.99. The summed E-state index contributed by atoms with van der Waals surface area (Å²) in [5, 5.41) is 19.2. The van der Waals surface area contributed by atoms with Gasteiger partial charge in [0, 0.05) is 12.5 Å². The topological polar surface area (TPSA) is 62.4 Å². The van der Waals surface area contributed by atoms with Crippen LogP contribution in [-0.4, -0.2) is 31.5 Å². The average Bonchev–Trinajstić information content (AvgIpc) is 2.64. The van der Waals surface area contributed by atoms with E-state index in [0.717, 1.165) is 5.57 Å². The Morgan fingerprint density at radius 1 is 1.25 bits per heavy atom. The van der Waals surface area contributed by atoms with Gasteiger partial charge in [-0.15, -0.1) is 10.2 Å². The zero-order valence-electron chi connectivity index (χ0n) is 10.3. The minimum Gasteiger partial charge on any atom is -0.421 e. The summed E-state index contributed by atoms with van der Waals surface area (Å²) in [6.45, 7) is 9.47. The number of hydrogen-bond acceptors (Lipinski definition) is 5. The number of hydrogen-bond donors (Lipinski definition) is 1. The smallest absolute Gasteiger partial charge is 0.245 e. The molecule has 1 aromatic rings. The summed E-state index contributed by atoms with van der Waals surface area (Å²) in [7, 11) is 0. The minimum absolute atomic E-state index is 0.429. The molecular formula is C11H17N3O2. The molecule has 0 atom stereocenters. The maximum Gasteiger partial charge on any atom is 0.245 e. The molecule has 0 amide bonds. The van der Waals surface area contributed by atoms with E-state index < -0.39 is 11.1 Å². The largest absolute Gasteiger partial charge is 0.421 e. The first-order chi connectivity index (χ1) is 7.25. The van der Waals surface area contributed by atoms with Gasteiger partial charge in [-0.2, -0.15) is 5.06 Å². The molecule has 16 heavy (non-hydrogen) atoms. The highest BCUT2D eigenvalue weighted by atomic mass is 16.5. The maximum atomic E-state index is 10.1. The van der Waals surface area contributed by atoms with Gasteiger partial charge in [0.15, 0.2) is 0 Å². The fourth-order valence-corrected chi connectivity index (χ4v) is 2.15. The maximum absolute atomic E-state index is 10.1. The molecule has 2 rings (SSSR count). The standard InChI is InChI=1S/C11H17N3O2/c1-7-12-13-9(16-7)8-6-10(2,3)14(15)11(8,4)5/h6,15H,1-5H3. The first kappa shape index (κ1) is 11.3. The summed E-state index contributed by atoms with van der Waals surface area (Å²) in [5.41, 5.74) is -0.0930. The second-order valence-corrected chi connectivity index (χ2v) is 5.21. The molecule has 1 aromatic heterocycles. The van der Waals surface area contributed by atoms with Crippen LogP contribution in [0.3, 0.4) is 0 Å².